The lowest BCUT2D eigenvalue weighted by Crippen LogP contribution is -2.08. The maximum atomic E-state index is 5.88. The third kappa shape index (κ3) is 13.5. The first-order valence-corrected chi connectivity index (χ1v) is 9.90. The van der Waals surface area contributed by atoms with Crippen molar-refractivity contribution in [3.05, 3.63) is 11.7 Å². The van der Waals surface area contributed by atoms with E-state index in [4.69, 9.17) is 18.9 Å². The van der Waals surface area contributed by atoms with E-state index < -0.39 is 0 Å². The molecule has 0 N–H and O–H groups in total. The second-order valence-corrected chi connectivity index (χ2v) is 6.18. The summed E-state index contributed by atoms with van der Waals surface area (Å²) in [5.74, 6) is 1.35. The van der Waals surface area contributed by atoms with Crippen molar-refractivity contribution in [2.45, 2.75) is 91.4 Å². The van der Waals surface area contributed by atoms with E-state index in [-0.39, 0.29) is 6.79 Å². The van der Waals surface area contributed by atoms with Crippen molar-refractivity contribution in [3.63, 3.8) is 0 Å². The van der Waals surface area contributed by atoms with Gasteiger partial charge < -0.3 is 18.9 Å². The molecule has 0 saturated carbocycles. The number of hydrogen-bond acceptors (Lipinski definition) is 4. The van der Waals surface area contributed by atoms with Crippen LogP contribution in [0.15, 0.2) is 11.7 Å². The summed E-state index contributed by atoms with van der Waals surface area (Å²) >= 11 is 0. The summed E-state index contributed by atoms with van der Waals surface area (Å²) in [5.41, 5.74) is 0. The van der Waals surface area contributed by atoms with Crippen LogP contribution in [0.3, 0.4) is 0 Å². The molecule has 0 amide bonds. The van der Waals surface area contributed by atoms with E-state index in [1.807, 2.05) is 0 Å². The highest BCUT2D eigenvalue weighted by molar-refractivity contribution is 4.95. The number of methoxy groups -OCH3 is 1. The van der Waals surface area contributed by atoms with Gasteiger partial charge in [0.1, 0.15) is 0 Å². The molecule has 0 bridgehead atoms. The van der Waals surface area contributed by atoms with Gasteiger partial charge in [-0.2, -0.15) is 0 Å². The molecule has 24 heavy (non-hydrogen) atoms. The molecule has 0 unspecified atom stereocenters. The SMILES string of the molecule is CCCCCCCCCC/C(OCCC)=C(\OCCC)OCOC. The average Bonchev–Trinajstić information content (AvgIpc) is 2.60. The predicted molar refractivity (Wildman–Crippen MR) is 99.7 cm³/mol. The van der Waals surface area contributed by atoms with Gasteiger partial charge in [0, 0.05) is 13.5 Å². The molecule has 0 spiro atoms. The molecule has 144 valence electrons. The van der Waals surface area contributed by atoms with E-state index in [2.05, 4.69) is 20.8 Å². The quantitative estimate of drug-likeness (QED) is 0.169. The Hall–Kier alpha value is -0.900. The van der Waals surface area contributed by atoms with E-state index in [9.17, 15) is 0 Å². The minimum atomic E-state index is 0.190. The number of rotatable bonds is 18. The number of hydrogen-bond donors (Lipinski definition) is 0. The van der Waals surface area contributed by atoms with Gasteiger partial charge in [0.2, 0.25) is 0 Å². The summed E-state index contributed by atoms with van der Waals surface area (Å²) in [4.78, 5) is 0. The molecule has 0 atom stereocenters. The van der Waals surface area contributed by atoms with Crippen molar-refractivity contribution >= 4 is 0 Å². The largest absolute Gasteiger partial charge is 0.491 e. The van der Waals surface area contributed by atoms with Gasteiger partial charge in [-0.25, -0.2) is 0 Å². The van der Waals surface area contributed by atoms with Crippen molar-refractivity contribution < 1.29 is 18.9 Å². The summed E-state index contributed by atoms with van der Waals surface area (Å²) in [7, 11) is 1.61. The molecule has 0 aromatic carbocycles. The van der Waals surface area contributed by atoms with Gasteiger partial charge >= 0.3 is 5.95 Å². The van der Waals surface area contributed by atoms with Gasteiger partial charge in [-0.3, -0.25) is 0 Å². The molecule has 0 fully saturated rings. The minimum Gasteiger partial charge on any atom is -0.491 e. The van der Waals surface area contributed by atoms with Crippen LogP contribution in [0.2, 0.25) is 0 Å². The molecule has 0 radical (unpaired) electrons. The fraction of sp³-hybridized carbons (Fsp3) is 0.900. The van der Waals surface area contributed by atoms with Gasteiger partial charge in [0.15, 0.2) is 12.6 Å². The Balaban J connectivity index is 4.29. The molecule has 0 aliphatic heterocycles. The molecular formula is C20H40O4. The van der Waals surface area contributed by atoms with Crippen LogP contribution in [0.25, 0.3) is 0 Å². The van der Waals surface area contributed by atoms with E-state index >= 15 is 0 Å². The Morgan fingerprint density at radius 1 is 0.625 bits per heavy atom. The van der Waals surface area contributed by atoms with E-state index in [1.165, 1.54) is 44.9 Å². The van der Waals surface area contributed by atoms with Crippen molar-refractivity contribution in [1.29, 1.82) is 0 Å². The maximum Gasteiger partial charge on any atom is 0.321 e. The Morgan fingerprint density at radius 3 is 1.79 bits per heavy atom. The standard InChI is InChI=1S/C20H40O4/c1-5-8-9-10-11-12-13-14-15-19(22-16-6-2)20(23-17-7-3)24-18-21-4/h5-18H2,1-4H3/b20-19-. The minimum absolute atomic E-state index is 0.190. The van der Waals surface area contributed by atoms with Gasteiger partial charge in [-0.15, -0.1) is 0 Å². The lowest BCUT2D eigenvalue weighted by atomic mass is 10.1. The fourth-order valence-electron chi connectivity index (χ4n) is 2.39. The molecule has 4 heteroatoms. The normalized spacial score (nSPS) is 12.0. The average molecular weight is 345 g/mol. The zero-order valence-electron chi connectivity index (χ0n) is 16.5. The third-order valence-electron chi connectivity index (χ3n) is 3.71. The molecule has 0 aliphatic carbocycles. The Bertz CT molecular complexity index is 279. The lowest BCUT2D eigenvalue weighted by Gasteiger charge is -2.17. The first-order valence-electron chi connectivity index (χ1n) is 9.90. The van der Waals surface area contributed by atoms with Crippen molar-refractivity contribution in [3.8, 4) is 0 Å². The Kier molecular flexibility index (Phi) is 17.7. The topological polar surface area (TPSA) is 36.9 Å². The highest BCUT2D eigenvalue weighted by atomic mass is 16.7. The molecule has 0 heterocycles. The fourth-order valence-corrected chi connectivity index (χ4v) is 2.39. The van der Waals surface area contributed by atoms with Crippen LogP contribution in [0.1, 0.15) is 91.4 Å². The van der Waals surface area contributed by atoms with E-state index in [0.29, 0.717) is 19.2 Å². The monoisotopic (exact) mass is 344 g/mol. The van der Waals surface area contributed by atoms with Crippen LogP contribution < -0.4 is 0 Å². The molecular weight excluding hydrogens is 304 g/mol. The number of ether oxygens (including phenoxy) is 4. The molecule has 0 aromatic rings. The summed E-state index contributed by atoms with van der Waals surface area (Å²) in [6, 6.07) is 0. The molecule has 4 nitrogen and oxygen atoms in total. The summed E-state index contributed by atoms with van der Waals surface area (Å²) in [6.07, 6.45) is 13.2. The first kappa shape index (κ1) is 23.1. The number of allylic oxidation sites excluding steroid dienone is 1. The second-order valence-electron chi connectivity index (χ2n) is 6.18. The van der Waals surface area contributed by atoms with E-state index in [0.717, 1.165) is 31.4 Å². The van der Waals surface area contributed by atoms with Crippen molar-refractivity contribution in [1.82, 2.24) is 0 Å². The van der Waals surface area contributed by atoms with Gasteiger partial charge in [0.05, 0.1) is 13.2 Å². The summed E-state index contributed by atoms with van der Waals surface area (Å²) in [6.45, 7) is 7.97. The molecule has 0 aliphatic rings. The Labute approximate surface area is 149 Å². The highest BCUT2D eigenvalue weighted by Crippen LogP contribution is 2.19. The zero-order chi connectivity index (χ0) is 17.9. The molecule has 0 aromatic heterocycles. The molecule has 0 saturated heterocycles. The second kappa shape index (κ2) is 18.4. The van der Waals surface area contributed by atoms with Gasteiger partial charge in [-0.05, 0) is 19.3 Å². The van der Waals surface area contributed by atoms with Gasteiger partial charge in [0.25, 0.3) is 0 Å². The van der Waals surface area contributed by atoms with Gasteiger partial charge in [-0.1, -0.05) is 65.7 Å². The number of unbranched alkanes of at least 4 members (excludes halogenated alkanes) is 7. The van der Waals surface area contributed by atoms with Crippen LogP contribution in [-0.2, 0) is 18.9 Å². The van der Waals surface area contributed by atoms with Crippen LogP contribution in [0.5, 0.6) is 0 Å². The Morgan fingerprint density at radius 2 is 1.21 bits per heavy atom. The highest BCUT2D eigenvalue weighted by Gasteiger charge is 2.12. The van der Waals surface area contributed by atoms with Crippen molar-refractivity contribution in [2.75, 3.05) is 27.1 Å². The summed E-state index contributed by atoms with van der Waals surface area (Å²) in [5, 5.41) is 0. The van der Waals surface area contributed by atoms with Crippen molar-refractivity contribution in [2.24, 2.45) is 0 Å². The van der Waals surface area contributed by atoms with Crippen LogP contribution >= 0.6 is 0 Å². The molecule has 0 rings (SSSR count). The smallest absolute Gasteiger partial charge is 0.321 e. The van der Waals surface area contributed by atoms with Crippen LogP contribution in [0, 0.1) is 0 Å². The lowest BCUT2D eigenvalue weighted by molar-refractivity contribution is -0.0686. The van der Waals surface area contributed by atoms with E-state index in [1.54, 1.807) is 7.11 Å². The summed E-state index contributed by atoms with van der Waals surface area (Å²) < 4.78 is 22.2. The van der Waals surface area contributed by atoms with Crippen LogP contribution in [0.4, 0.5) is 0 Å². The zero-order valence-corrected chi connectivity index (χ0v) is 16.5. The third-order valence-corrected chi connectivity index (χ3v) is 3.71. The first-order chi connectivity index (χ1) is 11.8. The maximum absolute atomic E-state index is 5.88. The van der Waals surface area contributed by atoms with Crippen LogP contribution in [-0.4, -0.2) is 27.1 Å². The predicted octanol–water partition coefficient (Wildman–Crippen LogP) is 6.16.